The van der Waals surface area contributed by atoms with Crippen molar-refractivity contribution in [2.45, 2.75) is 10.1 Å². The lowest BCUT2D eigenvalue weighted by Gasteiger charge is -2.17. The van der Waals surface area contributed by atoms with Gasteiger partial charge >= 0.3 is 0 Å². The third kappa shape index (κ3) is 6.59. The molecule has 0 saturated carbocycles. The van der Waals surface area contributed by atoms with Crippen molar-refractivity contribution in [3.05, 3.63) is 134 Å². The van der Waals surface area contributed by atoms with E-state index in [9.17, 15) is 29.8 Å². The predicted molar refractivity (Wildman–Crippen MR) is 144 cm³/mol. The number of carbonyl (C=O) groups is 2. The van der Waals surface area contributed by atoms with Gasteiger partial charge in [0, 0.05) is 46.1 Å². The second-order valence-corrected chi connectivity index (χ2v) is 9.17. The van der Waals surface area contributed by atoms with Crippen LogP contribution in [0.2, 0.25) is 0 Å². The Morgan fingerprint density at radius 1 is 0.684 bits per heavy atom. The molecule has 0 bridgehead atoms. The molecule has 1 unspecified atom stereocenters. The molecule has 0 aliphatic heterocycles. The van der Waals surface area contributed by atoms with Gasteiger partial charge in [0.1, 0.15) is 5.25 Å². The Balaban J connectivity index is 1.47. The third-order valence-corrected chi connectivity index (χ3v) is 6.64. The SMILES string of the molecule is O=C(Nc1ccc(SC(C(=O)Nc2ccc([N+](=O)[O-])cc2)c2ccccc2)cc1)c1cccc([N+](=O)[O-])c1. The zero-order chi connectivity index (χ0) is 27.1. The monoisotopic (exact) mass is 528 g/mol. The molecular weight excluding hydrogens is 508 g/mol. The minimum atomic E-state index is -0.628. The Morgan fingerprint density at radius 2 is 1.29 bits per heavy atom. The molecule has 2 N–H and O–H groups in total. The van der Waals surface area contributed by atoms with Gasteiger partial charge < -0.3 is 10.6 Å². The van der Waals surface area contributed by atoms with Crippen LogP contribution in [0.25, 0.3) is 0 Å². The van der Waals surface area contributed by atoms with Crippen LogP contribution in [0, 0.1) is 20.2 Å². The summed E-state index contributed by atoms with van der Waals surface area (Å²) in [5.74, 6) is -0.795. The summed E-state index contributed by atoms with van der Waals surface area (Å²) in [5.41, 5.74) is 1.58. The van der Waals surface area contributed by atoms with Gasteiger partial charge in [0.25, 0.3) is 17.3 Å². The van der Waals surface area contributed by atoms with Crippen molar-refractivity contribution < 1.29 is 19.4 Å². The fourth-order valence-corrected chi connectivity index (χ4v) is 4.52. The van der Waals surface area contributed by atoms with Crippen LogP contribution in [-0.4, -0.2) is 21.7 Å². The van der Waals surface area contributed by atoms with Gasteiger partial charge in [0.15, 0.2) is 0 Å². The molecule has 4 aromatic carbocycles. The lowest BCUT2D eigenvalue weighted by molar-refractivity contribution is -0.385. The van der Waals surface area contributed by atoms with E-state index in [4.69, 9.17) is 0 Å². The second-order valence-electron chi connectivity index (χ2n) is 7.99. The number of nitrogens with zero attached hydrogens (tertiary/aromatic N) is 2. The van der Waals surface area contributed by atoms with Crippen LogP contribution in [0.1, 0.15) is 21.2 Å². The number of nitro benzene ring substituents is 2. The number of amides is 2. The van der Waals surface area contributed by atoms with Crippen LogP contribution in [0.5, 0.6) is 0 Å². The molecule has 190 valence electrons. The second kappa shape index (κ2) is 11.8. The maximum atomic E-state index is 13.2. The zero-order valence-electron chi connectivity index (χ0n) is 19.6. The molecule has 1 atom stereocenters. The van der Waals surface area contributed by atoms with Crippen LogP contribution in [0.4, 0.5) is 22.7 Å². The summed E-state index contributed by atoms with van der Waals surface area (Å²) in [6.07, 6.45) is 0. The van der Waals surface area contributed by atoms with Crippen molar-refractivity contribution in [3.8, 4) is 0 Å². The highest BCUT2D eigenvalue weighted by Crippen LogP contribution is 2.37. The number of thioether (sulfide) groups is 1. The molecule has 0 radical (unpaired) electrons. The van der Waals surface area contributed by atoms with Crippen molar-refractivity contribution in [1.29, 1.82) is 0 Å². The number of anilines is 2. The van der Waals surface area contributed by atoms with E-state index in [-0.39, 0.29) is 22.8 Å². The van der Waals surface area contributed by atoms with E-state index in [0.717, 1.165) is 10.5 Å². The Morgan fingerprint density at radius 3 is 1.92 bits per heavy atom. The summed E-state index contributed by atoms with van der Waals surface area (Å²) in [6, 6.07) is 27.1. The van der Waals surface area contributed by atoms with Gasteiger partial charge in [0.2, 0.25) is 5.91 Å². The summed E-state index contributed by atoms with van der Waals surface area (Å²) in [7, 11) is 0. The molecule has 0 heterocycles. The Bertz CT molecular complexity index is 1480. The van der Waals surface area contributed by atoms with E-state index < -0.39 is 21.0 Å². The van der Waals surface area contributed by atoms with Crippen LogP contribution < -0.4 is 10.6 Å². The van der Waals surface area contributed by atoms with Crippen molar-refractivity contribution in [3.63, 3.8) is 0 Å². The number of non-ortho nitro benzene ring substituents is 2. The average Bonchev–Trinajstić information content (AvgIpc) is 2.93. The van der Waals surface area contributed by atoms with Gasteiger partial charge in [-0.15, -0.1) is 11.8 Å². The first-order valence-electron chi connectivity index (χ1n) is 11.2. The van der Waals surface area contributed by atoms with Gasteiger partial charge in [-0.05, 0) is 48.0 Å². The van der Waals surface area contributed by atoms with Crippen LogP contribution in [-0.2, 0) is 4.79 Å². The Hall–Kier alpha value is -5.03. The van der Waals surface area contributed by atoms with Gasteiger partial charge in [0.05, 0.1) is 9.85 Å². The van der Waals surface area contributed by atoms with E-state index in [1.165, 1.54) is 60.3 Å². The van der Waals surface area contributed by atoms with Crippen molar-refractivity contribution in [2.75, 3.05) is 10.6 Å². The van der Waals surface area contributed by atoms with E-state index in [1.54, 1.807) is 24.3 Å². The fourth-order valence-electron chi connectivity index (χ4n) is 3.49. The number of rotatable bonds is 9. The third-order valence-electron chi connectivity index (χ3n) is 5.37. The van der Waals surface area contributed by atoms with Crippen molar-refractivity contribution in [2.24, 2.45) is 0 Å². The average molecular weight is 529 g/mol. The van der Waals surface area contributed by atoms with Crippen LogP contribution in [0.3, 0.4) is 0 Å². The number of nitro groups is 2. The maximum absolute atomic E-state index is 13.2. The van der Waals surface area contributed by atoms with E-state index in [1.807, 2.05) is 30.3 Å². The normalized spacial score (nSPS) is 11.3. The molecular formula is C27H20N4O6S. The summed E-state index contributed by atoms with van der Waals surface area (Å²) in [4.78, 5) is 47.3. The molecule has 11 heteroatoms. The van der Waals surface area contributed by atoms with Gasteiger partial charge in [-0.1, -0.05) is 36.4 Å². The summed E-state index contributed by atoms with van der Waals surface area (Å²) >= 11 is 1.30. The molecule has 0 saturated heterocycles. The maximum Gasteiger partial charge on any atom is 0.270 e. The first-order valence-corrected chi connectivity index (χ1v) is 12.1. The summed E-state index contributed by atoms with van der Waals surface area (Å²) < 4.78 is 0. The van der Waals surface area contributed by atoms with Crippen molar-refractivity contribution in [1.82, 2.24) is 0 Å². The van der Waals surface area contributed by atoms with Crippen LogP contribution in [0.15, 0.2) is 108 Å². The first kappa shape index (κ1) is 26.0. The quantitative estimate of drug-likeness (QED) is 0.149. The molecule has 2 amide bonds. The molecule has 0 aliphatic carbocycles. The van der Waals surface area contributed by atoms with Gasteiger partial charge in [-0.2, -0.15) is 0 Å². The molecule has 0 fully saturated rings. The molecule has 10 nitrogen and oxygen atoms in total. The highest BCUT2D eigenvalue weighted by atomic mass is 32.2. The van der Waals surface area contributed by atoms with Crippen molar-refractivity contribution >= 4 is 46.3 Å². The summed E-state index contributed by atoms with van der Waals surface area (Å²) in [6.45, 7) is 0. The fraction of sp³-hybridized carbons (Fsp3) is 0.0370. The van der Waals surface area contributed by atoms with E-state index in [0.29, 0.717) is 11.4 Å². The lowest BCUT2D eigenvalue weighted by atomic mass is 10.1. The minimum Gasteiger partial charge on any atom is -0.325 e. The standard InChI is InChI=1S/C27H20N4O6S/c32-26(19-7-4-8-23(17-19)31(36)37)28-21-11-15-24(16-12-21)38-25(18-5-2-1-3-6-18)27(33)29-20-9-13-22(14-10-20)30(34)35/h1-17,25H,(H,28,32)(H,29,33). The topological polar surface area (TPSA) is 144 Å². The van der Waals surface area contributed by atoms with Crippen LogP contribution >= 0.6 is 11.8 Å². The molecule has 4 rings (SSSR count). The van der Waals surface area contributed by atoms with E-state index in [2.05, 4.69) is 10.6 Å². The largest absolute Gasteiger partial charge is 0.325 e. The lowest BCUT2D eigenvalue weighted by Crippen LogP contribution is -2.19. The molecule has 0 aromatic heterocycles. The number of carbonyl (C=O) groups excluding carboxylic acids is 2. The molecule has 38 heavy (non-hydrogen) atoms. The molecule has 0 aliphatic rings. The number of benzene rings is 4. The number of nitrogens with one attached hydrogen (secondary N) is 2. The highest BCUT2D eigenvalue weighted by Gasteiger charge is 2.22. The molecule has 0 spiro atoms. The minimum absolute atomic E-state index is 0.0744. The summed E-state index contributed by atoms with van der Waals surface area (Å²) in [5, 5.41) is 26.7. The Kier molecular flexibility index (Phi) is 8.09. The number of hydrogen-bond donors (Lipinski definition) is 2. The Labute approximate surface area is 221 Å². The molecule has 4 aromatic rings. The van der Waals surface area contributed by atoms with Gasteiger partial charge in [-0.3, -0.25) is 29.8 Å². The highest BCUT2D eigenvalue weighted by molar-refractivity contribution is 8.00. The predicted octanol–water partition coefficient (Wildman–Crippen LogP) is 6.23. The van der Waals surface area contributed by atoms with E-state index >= 15 is 0 Å². The smallest absolute Gasteiger partial charge is 0.270 e. The first-order chi connectivity index (χ1) is 18.3. The number of hydrogen-bond acceptors (Lipinski definition) is 7. The van der Waals surface area contributed by atoms with Gasteiger partial charge in [-0.25, -0.2) is 0 Å². The zero-order valence-corrected chi connectivity index (χ0v) is 20.5.